The Morgan fingerprint density at radius 2 is 1.89 bits per heavy atom. The van der Waals surface area contributed by atoms with E-state index < -0.39 is 0 Å². The Morgan fingerprint density at radius 3 is 2.64 bits per heavy atom. The van der Waals surface area contributed by atoms with Crippen LogP contribution in [0.1, 0.15) is 18.4 Å². The highest BCUT2D eigenvalue weighted by molar-refractivity contribution is 5.86. The van der Waals surface area contributed by atoms with Crippen LogP contribution in [0.5, 0.6) is 11.5 Å². The van der Waals surface area contributed by atoms with E-state index >= 15 is 0 Å². The van der Waals surface area contributed by atoms with Gasteiger partial charge in [0.1, 0.15) is 18.1 Å². The smallest absolute Gasteiger partial charge is 0.142 e. The van der Waals surface area contributed by atoms with Crippen molar-refractivity contribution in [3.05, 3.63) is 48.0 Å². The molecule has 1 fully saturated rings. The van der Waals surface area contributed by atoms with Crippen LogP contribution in [0.2, 0.25) is 0 Å². The van der Waals surface area contributed by atoms with Crippen LogP contribution in [0.25, 0.3) is 22.2 Å². The molecule has 0 amide bonds. The van der Waals surface area contributed by atoms with Gasteiger partial charge in [0.05, 0.1) is 30.6 Å². The van der Waals surface area contributed by atoms with Gasteiger partial charge < -0.3 is 19.5 Å². The molecule has 2 heterocycles. The summed E-state index contributed by atoms with van der Waals surface area (Å²) in [7, 11) is 1.72. The van der Waals surface area contributed by atoms with E-state index in [0.29, 0.717) is 5.75 Å². The van der Waals surface area contributed by atoms with Gasteiger partial charge >= 0.3 is 0 Å². The molecule has 1 aliphatic heterocycles. The number of aryl methyl sites for hydroxylation is 1. The first kappa shape index (κ1) is 18.6. The lowest BCUT2D eigenvalue weighted by molar-refractivity contribution is 0.201. The molecular weight excluding hydrogens is 352 g/mol. The Balaban J connectivity index is 1.73. The van der Waals surface area contributed by atoms with Crippen LogP contribution in [-0.4, -0.2) is 43.5 Å². The van der Waals surface area contributed by atoms with E-state index in [2.05, 4.69) is 36.1 Å². The van der Waals surface area contributed by atoms with Crippen molar-refractivity contribution in [3.63, 3.8) is 0 Å². The molecule has 0 spiro atoms. The fraction of sp³-hybridized carbons (Fsp3) is 0.348. The third-order valence-electron chi connectivity index (χ3n) is 5.27. The van der Waals surface area contributed by atoms with Crippen molar-refractivity contribution in [1.29, 1.82) is 0 Å². The number of nitrogens with zero attached hydrogens (tertiary/aromatic N) is 2. The third-order valence-corrected chi connectivity index (χ3v) is 5.27. The average molecular weight is 378 g/mol. The highest BCUT2D eigenvalue weighted by atomic mass is 16.5. The summed E-state index contributed by atoms with van der Waals surface area (Å²) in [6.45, 7) is 4.53. The first-order chi connectivity index (χ1) is 13.7. The fourth-order valence-electron chi connectivity index (χ4n) is 3.84. The van der Waals surface area contributed by atoms with E-state index in [0.717, 1.165) is 52.3 Å². The molecule has 1 aliphatic rings. The van der Waals surface area contributed by atoms with Crippen LogP contribution in [0.4, 0.5) is 5.69 Å². The number of ether oxygens (including phenoxy) is 2. The number of aliphatic hydroxyl groups is 1. The number of anilines is 1. The number of pyridine rings is 1. The van der Waals surface area contributed by atoms with Gasteiger partial charge in [-0.15, -0.1) is 0 Å². The molecule has 1 saturated heterocycles. The molecule has 0 unspecified atom stereocenters. The maximum Gasteiger partial charge on any atom is 0.142 e. The van der Waals surface area contributed by atoms with E-state index in [1.54, 1.807) is 7.11 Å². The average Bonchev–Trinajstić information content (AvgIpc) is 3.26. The predicted octanol–water partition coefficient (Wildman–Crippen LogP) is 4.19. The molecule has 3 aromatic rings. The van der Waals surface area contributed by atoms with Crippen LogP contribution in [0.3, 0.4) is 0 Å². The Labute approximate surface area is 165 Å². The minimum Gasteiger partial charge on any atom is -0.495 e. The zero-order chi connectivity index (χ0) is 19.5. The normalized spacial score (nSPS) is 13.9. The quantitative estimate of drug-likeness (QED) is 0.697. The SMILES string of the molecule is COc1cc(-c2cc(C)c3ccc(OCCO)cc3n2)ccc1N1CCCC1. The molecule has 1 aromatic heterocycles. The van der Waals surface area contributed by atoms with Gasteiger partial charge in [0.25, 0.3) is 0 Å². The van der Waals surface area contributed by atoms with E-state index in [-0.39, 0.29) is 13.2 Å². The Bertz CT molecular complexity index is 981. The largest absolute Gasteiger partial charge is 0.495 e. The van der Waals surface area contributed by atoms with Gasteiger partial charge in [0, 0.05) is 30.1 Å². The summed E-state index contributed by atoms with van der Waals surface area (Å²) in [6.07, 6.45) is 2.47. The number of methoxy groups -OCH3 is 1. The molecule has 0 bridgehead atoms. The van der Waals surface area contributed by atoms with Gasteiger partial charge in [-0.05, 0) is 55.7 Å². The van der Waals surface area contributed by atoms with Crippen LogP contribution < -0.4 is 14.4 Å². The number of fused-ring (bicyclic) bond motifs is 1. The molecule has 4 rings (SSSR count). The summed E-state index contributed by atoms with van der Waals surface area (Å²) in [5, 5.41) is 10.1. The Morgan fingerprint density at radius 1 is 1.07 bits per heavy atom. The minimum atomic E-state index is -0.00626. The molecule has 0 aliphatic carbocycles. The zero-order valence-corrected chi connectivity index (χ0v) is 16.4. The van der Waals surface area contributed by atoms with E-state index in [1.807, 2.05) is 18.2 Å². The number of aromatic nitrogens is 1. The van der Waals surface area contributed by atoms with Crippen LogP contribution in [0.15, 0.2) is 42.5 Å². The molecule has 146 valence electrons. The molecule has 5 nitrogen and oxygen atoms in total. The second-order valence-electron chi connectivity index (χ2n) is 7.16. The van der Waals surface area contributed by atoms with Crippen molar-refractivity contribution in [1.82, 2.24) is 4.98 Å². The molecular formula is C23H26N2O3. The first-order valence-electron chi connectivity index (χ1n) is 9.78. The van der Waals surface area contributed by atoms with Crippen molar-refractivity contribution in [3.8, 4) is 22.8 Å². The van der Waals surface area contributed by atoms with E-state index in [9.17, 15) is 0 Å². The van der Waals surface area contributed by atoms with Gasteiger partial charge in [0.2, 0.25) is 0 Å². The fourth-order valence-corrected chi connectivity index (χ4v) is 3.84. The molecule has 5 heteroatoms. The first-order valence-corrected chi connectivity index (χ1v) is 9.78. The van der Waals surface area contributed by atoms with Crippen molar-refractivity contribution in [2.75, 3.05) is 38.3 Å². The van der Waals surface area contributed by atoms with Crippen molar-refractivity contribution < 1.29 is 14.6 Å². The summed E-state index contributed by atoms with van der Waals surface area (Å²) in [5.41, 5.74) is 5.15. The summed E-state index contributed by atoms with van der Waals surface area (Å²) in [5.74, 6) is 1.60. The number of hydrogen-bond donors (Lipinski definition) is 1. The van der Waals surface area contributed by atoms with Gasteiger partial charge in [-0.1, -0.05) is 6.07 Å². The molecule has 1 N–H and O–H groups in total. The Hall–Kier alpha value is -2.79. The van der Waals surface area contributed by atoms with E-state index in [1.165, 1.54) is 12.8 Å². The highest BCUT2D eigenvalue weighted by Gasteiger charge is 2.17. The Kier molecular flexibility index (Phi) is 5.35. The summed E-state index contributed by atoms with van der Waals surface area (Å²) in [6, 6.07) is 14.3. The third kappa shape index (κ3) is 3.62. The summed E-state index contributed by atoms with van der Waals surface area (Å²) >= 11 is 0. The lowest BCUT2D eigenvalue weighted by Gasteiger charge is -2.21. The van der Waals surface area contributed by atoms with Crippen LogP contribution in [-0.2, 0) is 0 Å². The monoisotopic (exact) mass is 378 g/mol. The number of benzene rings is 2. The topological polar surface area (TPSA) is 54.8 Å². The van der Waals surface area contributed by atoms with Crippen molar-refractivity contribution in [2.24, 2.45) is 0 Å². The van der Waals surface area contributed by atoms with Crippen LogP contribution >= 0.6 is 0 Å². The van der Waals surface area contributed by atoms with Crippen molar-refractivity contribution in [2.45, 2.75) is 19.8 Å². The maximum atomic E-state index is 8.97. The zero-order valence-electron chi connectivity index (χ0n) is 16.4. The highest BCUT2D eigenvalue weighted by Crippen LogP contribution is 2.35. The van der Waals surface area contributed by atoms with Gasteiger partial charge in [-0.3, -0.25) is 0 Å². The minimum absolute atomic E-state index is 0.00626. The van der Waals surface area contributed by atoms with Crippen molar-refractivity contribution >= 4 is 16.6 Å². The summed E-state index contributed by atoms with van der Waals surface area (Å²) < 4.78 is 11.2. The lowest BCUT2D eigenvalue weighted by Crippen LogP contribution is -2.18. The maximum absolute atomic E-state index is 8.97. The number of hydrogen-bond acceptors (Lipinski definition) is 5. The lowest BCUT2D eigenvalue weighted by atomic mass is 10.0. The van der Waals surface area contributed by atoms with Gasteiger partial charge in [-0.25, -0.2) is 4.98 Å². The van der Waals surface area contributed by atoms with E-state index in [4.69, 9.17) is 19.6 Å². The standard InChI is InChI=1S/C23H26N2O3/c1-16-13-20(24-21-15-18(28-12-11-26)6-7-19(16)21)17-5-8-22(23(14-17)27-2)25-9-3-4-10-25/h5-8,13-15,26H,3-4,9-12H2,1-2H3. The second kappa shape index (κ2) is 8.07. The number of aliphatic hydroxyl groups excluding tert-OH is 1. The van der Waals surface area contributed by atoms with Gasteiger partial charge in [-0.2, -0.15) is 0 Å². The second-order valence-corrected chi connectivity index (χ2v) is 7.16. The predicted molar refractivity (Wildman–Crippen MR) is 112 cm³/mol. The summed E-state index contributed by atoms with van der Waals surface area (Å²) in [4.78, 5) is 7.25. The van der Waals surface area contributed by atoms with Crippen LogP contribution in [0, 0.1) is 6.92 Å². The molecule has 0 radical (unpaired) electrons. The molecule has 2 aromatic carbocycles. The molecule has 0 saturated carbocycles. The molecule has 0 atom stereocenters. The molecule has 28 heavy (non-hydrogen) atoms. The number of rotatable bonds is 6. The van der Waals surface area contributed by atoms with Gasteiger partial charge in [0.15, 0.2) is 0 Å².